The Morgan fingerprint density at radius 3 is 2.35 bits per heavy atom. The first-order chi connectivity index (χ1) is 11.6. The predicted octanol–water partition coefficient (Wildman–Crippen LogP) is 3.73. The van der Waals surface area contributed by atoms with E-state index in [0.717, 1.165) is 24.8 Å². The number of carbonyl (C=O) groups excluding carboxylic acids is 1. The van der Waals surface area contributed by atoms with E-state index >= 15 is 0 Å². The second-order valence-corrected chi connectivity index (χ2v) is 9.15. The fraction of sp³-hybridized carbons (Fsp3) is 0.650. The SMILES string of the molecule is CC1(C)CN(C(=O)[C@H]2CCC[C@@]2(C)N)CC[C@]1(O)c1ccc(Cl)cc1.Cl. The number of hydrogen-bond acceptors (Lipinski definition) is 3. The number of aliphatic hydroxyl groups is 1. The van der Waals surface area contributed by atoms with E-state index in [1.807, 2.05) is 37.8 Å². The highest BCUT2D eigenvalue weighted by atomic mass is 35.5. The van der Waals surface area contributed by atoms with Gasteiger partial charge in [0.1, 0.15) is 0 Å². The molecule has 0 unspecified atom stereocenters. The van der Waals surface area contributed by atoms with Crippen molar-refractivity contribution in [3.8, 4) is 0 Å². The molecule has 3 N–H and O–H groups in total. The summed E-state index contributed by atoms with van der Waals surface area (Å²) >= 11 is 5.98. The Labute approximate surface area is 167 Å². The average Bonchev–Trinajstić information content (AvgIpc) is 2.89. The predicted molar refractivity (Wildman–Crippen MR) is 108 cm³/mol. The number of rotatable bonds is 2. The molecule has 2 aliphatic rings. The highest BCUT2D eigenvalue weighted by molar-refractivity contribution is 6.30. The molecular formula is C20H30Cl2N2O2. The molecule has 0 radical (unpaired) electrons. The van der Waals surface area contributed by atoms with Gasteiger partial charge in [-0.1, -0.05) is 44.0 Å². The van der Waals surface area contributed by atoms with Crippen LogP contribution >= 0.6 is 24.0 Å². The number of benzene rings is 1. The molecule has 3 rings (SSSR count). The molecule has 1 aromatic carbocycles. The van der Waals surface area contributed by atoms with Gasteiger partial charge < -0.3 is 15.7 Å². The van der Waals surface area contributed by atoms with E-state index in [4.69, 9.17) is 17.3 Å². The van der Waals surface area contributed by atoms with Gasteiger partial charge in [0.25, 0.3) is 0 Å². The first-order valence-electron chi connectivity index (χ1n) is 9.13. The molecule has 1 saturated carbocycles. The van der Waals surface area contributed by atoms with Gasteiger partial charge in [0.2, 0.25) is 5.91 Å². The molecule has 1 heterocycles. The Hall–Kier alpha value is -0.810. The molecule has 26 heavy (non-hydrogen) atoms. The van der Waals surface area contributed by atoms with Crippen molar-refractivity contribution in [1.82, 2.24) is 4.90 Å². The zero-order valence-corrected chi connectivity index (χ0v) is 17.4. The summed E-state index contributed by atoms with van der Waals surface area (Å²) in [5, 5.41) is 12.1. The zero-order chi connectivity index (χ0) is 18.5. The Morgan fingerprint density at radius 1 is 1.23 bits per heavy atom. The van der Waals surface area contributed by atoms with Gasteiger partial charge >= 0.3 is 0 Å². The van der Waals surface area contributed by atoms with E-state index < -0.39 is 16.6 Å². The summed E-state index contributed by atoms with van der Waals surface area (Å²) in [5.74, 6) is 0.0405. The number of halogens is 2. The van der Waals surface area contributed by atoms with Crippen molar-refractivity contribution in [3.05, 3.63) is 34.9 Å². The van der Waals surface area contributed by atoms with E-state index in [9.17, 15) is 9.90 Å². The number of piperidine rings is 1. The minimum Gasteiger partial charge on any atom is -0.384 e. The van der Waals surface area contributed by atoms with Crippen molar-refractivity contribution < 1.29 is 9.90 Å². The smallest absolute Gasteiger partial charge is 0.227 e. The fourth-order valence-electron chi connectivity index (χ4n) is 4.59. The molecule has 1 aliphatic carbocycles. The first kappa shape index (κ1) is 21.5. The van der Waals surface area contributed by atoms with Crippen LogP contribution < -0.4 is 5.73 Å². The van der Waals surface area contributed by atoms with Gasteiger partial charge in [-0.25, -0.2) is 0 Å². The summed E-state index contributed by atoms with van der Waals surface area (Å²) in [7, 11) is 0. The molecular weight excluding hydrogens is 371 g/mol. The topological polar surface area (TPSA) is 66.6 Å². The van der Waals surface area contributed by atoms with Crippen LogP contribution in [0.2, 0.25) is 5.02 Å². The highest BCUT2D eigenvalue weighted by Crippen LogP contribution is 2.47. The number of likely N-dealkylation sites (tertiary alicyclic amines) is 1. The van der Waals surface area contributed by atoms with Crippen LogP contribution in [-0.2, 0) is 10.4 Å². The lowest BCUT2D eigenvalue weighted by molar-refractivity contribution is -0.157. The van der Waals surface area contributed by atoms with Gasteiger partial charge in [0.05, 0.1) is 11.5 Å². The first-order valence-corrected chi connectivity index (χ1v) is 9.51. The standard InChI is InChI=1S/C20H29ClN2O2.ClH/c1-18(2)13-23(17(24)16-5-4-10-19(16,3)22)12-11-20(18,25)14-6-8-15(21)9-7-14;/h6-9,16,25H,4-5,10-13,22H2,1-3H3;1H/t16-,19-,20+;/m1./s1. The van der Waals surface area contributed by atoms with E-state index in [1.54, 1.807) is 12.1 Å². The lowest BCUT2D eigenvalue weighted by Gasteiger charge is -2.51. The summed E-state index contributed by atoms with van der Waals surface area (Å²) < 4.78 is 0. The Kier molecular flexibility index (Phi) is 6.04. The van der Waals surface area contributed by atoms with Crippen LogP contribution in [-0.4, -0.2) is 34.5 Å². The van der Waals surface area contributed by atoms with Crippen LogP contribution in [0.4, 0.5) is 0 Å². The number of hydrogen-bond donors (Lipinski definition) is 2. The second-order valence-electron chi connectivity index (χ2n) is 8.71. The van der Waals surface area contributed by atoms with Gasteiger partial charge in [-0.3, -0.25) is 4.79 Å². The monoisotopic (exact) mass is 400 g/mol. The molecule has 146 valence electrons. The van der Waals surface area contributed by atoms with Crippen LogP contribution in [0.15, 0.2) is 24.3 Å². The molecule has 1 saturated heterocycles. The molecule has 2 fully saturated rings. The third kappa shape index (κ3) is 3.62. The largest absolute Gasteiger partial charge is 0.384 e. The number of amides is 1. The van der Waals surface area contributed by atoms with Crippen molar-refractivity contribution in [1.29, 1.82) is 0 Å². The van der Waals surface area contributed by atoms with E-state index in [1.165, 1.54) is 0 Å². The Balaban J connectivity index is 0.00000243. The number of nitrogens with zero attached hydrogens (tertiary/aromatic N) is 1. The minimum atomic E-state index is -0.976. The maximum atomic E-state index is 13.0. The summed E-state index contributed by atoms with van der Waals surface area (Å²) in [6.45, 7) is 7.11. The van der Waals surface area contributed by atoms with Crippen molar-refractivity contribution >= 4 is 29.9 Å². The lowest BCUT2D eigenvalue weighted by atomic mass is 9.66. The van der Waals surface area contributed by atoms with Crippen LogP contribution in [0.3, 0.4) is 0 Å². The maximum Gasteiger partial charge on any atom is 0.227 e. The molecule has 4 nitrogen and oxygen atoms in total. The van der Waals surface area contributed by atoms with Crippen molar-refractivity contribution in [3.63, 3.8) is 0 Å². The van der Waals surface area contributed by atoms with Crippen LogP contribution in [0, 0.1) is 11.3 Å². The maximum absolute atomic E-state index is 13.0. The van der Waals surface area contributed by atoms with Gasteiger partial charge in [0.15, 0.2) is 0 Å². The van der Waals surface area contributed by atoms with Gasteiger partial charge in [-0.2, -0.15) is 0 Å². The van der Waals surface area contributed by atoms with Crippen LogP contribution in [0.5, 0.6) is 0 Å². The van der Waals surface area contributed by atoms with Crippen LogP contribution in [0.25, 0.3) is 0 Å². The molecule has 0 bridgehead atoms. The molecule has 0 aromatic heterocycles. The quantitative estimate of drug-likeness (QED) is 0.794. The van der Waals surface area contributed by atoms with E-state index in [0.29, 0.717) is 24.5 Å². The van der Waals surface area contributed by atoms with Crippen molar-refractivity contribution in [2.45, 2.75) is 57.6 Å². The number of carbonyl (C=O) groups is 1. The van der Waals surface area contributed by atoms with E-state index in [-0.39, 0.29) is 24.2 Å². The second kappa shape index (κ2) is 7.31. The Morgan fingerprint density at radius 2 is 1.85 bits per heavy atom. The minimum absolute atomic E-state index is 0. The van der Waals surface area contributed by atoms with Crippen molar-refractivity contribution in [2.24, 2.45) is 17.1 Å². The van der Waals surface area contributed by atoms with Crippen molar-refractivity contribution in [2.75, 3.05) is 13.1 Å². The van der Waals surface area contributed by atoms with Crippen LogP contribution in [0.1, 0.15) is 52.0 Å². The summed E-state index contributed by atoms with van der Waals surface area (Å²) in [6, 6.07) is 7.38. The fourth-order valence-corrected chi connectivity index (χ4v) is 4.71. The average molecular weight is 401 g/mol. The molecule has 6 heteroatoms. The highest BCUT2D eigenvalue weighted by Gasteiger charge is 2.51. The van der Waals surface area contributed by atoms with Gasteiger partial charge in [-0.15, -0.1) is 12.4 Å². The molecule has 1 aliphatic heterocycles. The molecule has 3 atom stereocenters. The normalized spacial score (nSPS) is 33.6. The van der Waals surface area contributed by atoms with Gasteiger partial charge in [0, 0.05) is 29.1 Å². The van der Waals surface area contributed by atoms with E-state index in [2.05, 4.69) is 0 Å². The third-order valence-electron chi connectivity index (χ3n) is 6.39. The molecule has 1 amide bonds. The Bertz CT molecular complexity index is 660. The summed E-state index contributed by atoms with van der Waals surface area (Å²) in [5.41, 5.74) is 5.36. The lowest BCUT2D eigenvalue weighted by Crippen LogP contribution is -2.59. The molecule has 1 aromatic rings. The third-order valence-corrected chi connectivity index (χ3v) is 6.64. The summed E-state index contributed by atoms with van der Waals surface area (Å²) in [4.78, 5) is 15.0. The number of nitrogens with two attached hydrogens (primary N) is 1. The van der Waals surface area contributed by atoms with Gasteiger partial charge in [-0.05, 0) is 43.9 Å². The molecule has 0 spiro atoms. The summed E-state index contributed by atoms with van der Waals surface area (Å²) in [6.07, 6.45) is 3.29. The zero-order valence-electron chi connectivity index (χ0n) is 15.8.